The van der Waals surface area contributed by atoms with E-state index in [1.54, 1.807) is 34.1 Å². The van der Waals surface area contributed by atoms with Gasteiger partial charge in [0.2, 0.25) is 5.88 Å². The van der Waals surface area contributed by atoms with Gasteiger partial charge in [0.1, 0.15) is 5.60 Å². The molecule has 0 saturated carbocycles. The first kappa shape index (κ1) is 24.3. The number of carbonyl (C=O) groups excluding carboxylic acids is 2. The van der Waals surface area contributed by atoms with Crippen LogP contribution in [0.1, 0.15) is 43.9 Å². The summed E-state index contributed by atoms with van der Waals surface area (Å²) in [6.45, 7) is 6.00. The number of rotatable bonds is 6. The summed E-state index contributed by atoms with van der Waals surface area (Å²) in [7, 11) is 1.57. The average Bonchev–Trinajstić information content (AvgIpc) is 3.21. The zero-order valence-electron chi connectivity index (χ0n) is 20.1. The number of carbonyl (C=O) groups is 2. The third-order valence-electron chi connectivity index (χ3n) is 6.01. The van der Waals surface area contributed by atoms with E-state index in [9.17, 15) is 14.1 Å². The van der Waals surface area contributed by atoms with Crippen LogP contribution in [0.4, 0.5) is 4.79 Å². The van der Waals surface area contributed by atoms with Crippen LogP contribution in [0, 0.1) is 0 Å². The summed E-state index contributed by atoms with van der Waals surface area (Å²) in [6, 6.07) is 7.93. The molecule has 0 bridgehead atoms. The third kappa shape index (κ3) is 5.47. The fourth-order valence-electron chi connectivity index (χ4n) is 4.34. The number of aryl methyl sites for hydroxylation is 1. The molecule has 0 radical (unpaired) electrons. The highest BCUT2D eigenvalue weighted by Gasteiger charge is 2.42. The molecule has 1 saturated heterocycles. The molecular weight excluding hydrogens is 454 g/mol. The zero-order valence-corrected chi connectivity index (χ0v) is 20.9. The Hall–Kier alpha value is -2.78. The maximum Gasteiger partial charge on any atom is 0.410 e. The predicted octanol–water partition coefficient (Wildman–Crippen LogP) is 3.19. The summed E-state index contributed by atoms with van der Waals surface area (Å²) >= 11 is -1.58. The van der Waals surface area contributed by atoms with Crippen LogP contribution in [-0.4, -0.2) is 57.5 Å². The van der Waals surface area contributed by atoms with Crippen molar-refractivity contribution in [3.63, 3.8) is 0 Å². The van der Waals surface area contributed by atoms with E-state index in [1.807, 2.05) is 18.2 Å². The highest BCUT2D eigenvalue weighted by atomic mass is 32.2. The lowest BCUT2D eigenvalue weighted by molar-refractivity contribution is -0.118. The molecule has 34 heavy (non-hydrogen) atoms. The Kier molecular flexibility index (Phi) is 7.04. The van der Waals surface area contributed by atoms with E-state index in [0.29, 0.717) is 19.0 Å². The Labute approximate surface area is 203 Å². The van der Waals surface area contributed by atoms with E-state index in [0.717, 1.165) is 36.0 Å². The molecule has 2 heterocycles. The van der Waals surface area contributed by atoms with Gasteiger partial charge in [-0.2, -0.15) is 4.72 Å². The molecule has 182 valence electrons. The normalized spacial score (nSPS) is 16.4. The Bertz CT molecular complexity index is 1080. The van der Waals surface area contributed by atoms with Gasteiger partial charge in [-0.1, -0.05) is 12.1 Å². The first-order valence-corrected chi connectivity index (χ1v) is 12.7. The summed E-state index contributed by atoms with van der Waals surface area (Å²) in [5.74, 6) is 0.214. The number of amides is 2. The molecular formula is C25H31N3O5S. The lowest BCUT2D eigenvalue weighted by Crippen LogP contribution is -2.60. The summed E-state index contributed by atoms with van der Waals surface area (Å²) in [4.78, 5) is 30.7. The number of hydrogen-bond donors (Lipinski definition) is 1. The molecule has 1 aromatic heterocycles. The van der Waals surface area contributed by atoms with E-state index in [1.165, 1.54) is 16.0 Å². The van der Waals surface area contributed by atoms with Crippen molar-refractivity contribution in [3.05, 3.63) is 47.2 Å². The zero-order chi connectivity index (χ0) is 24.5. The molecule has 1 aliphatic carbocycles. The third-order valence-corrected chi connectivity index (χ3v) is 7.34. The highest BCUT2D eigenvalue weighted by molar-refractivity contribution is 7.90. The largest absolute Gasteiger partial charge is 0.593 e. The van der Waals surface area contributed by atoms with Crippen LogP contribution in [0.25, 0.3) is 11.1 Å². The second-order valence-corrected chi connectivity index (χ2v) is 11.1. The number of methoxy groups -OCH3 is 1. The fraction of sp³-hybridized carbons (Fsp3) is 0.480. The highest BCUT2D eigenvalue weighted by Crippen LogP contribution is 2.34. The number of fused-ring (bicyclic) bond motifs is 1. The van der Waals surface area contributed by atoms with Gasteiger partial charge in [-0.15, -0.1) is 0 Å². The van der Waals surface area contributed by atoms with Crippen LogP contribution in [0.2, 0.25) is 0 Å². The van der Waals surface area contributed by atoms with Crippen LogP contribution >= 0.6 is 0 Å². The van der Waals surface area contributed by atoms with Gasteiger partial charge in [0, 0.05) is 12.3 Å². The van der Waals surface area contributed by atoms with E-state index in [-0.39, 0.29) is 17.6 Å². The van der Waals surface area contributed by atoms with Crippen LogP contribution < -0.4 is 9.46 Å². The van der Waals surface area contributed by atoms with Crippen molar-refractivity contribution in [1.29, 1.82) is 0 Å². The molecule has 2 aromatic rings. The molecule has 1 atom stereocenters. The maximum absolute atomic E-state index is 12.9. The van der Waals surface area contributed by atoms with Gasteiger partial charge in [-0.3, -0.25) is 9.69 Å². The van der Waals surface area contributed by atoms with Crippen molar-refractivity contribution in [1.82, 2.24) is 14.6 Å². The van der Waals surface area contributed by atoms with Crippen molar-refractivity contribution in [2.24, 2.45) is 0 Å². The second-order valence-electron chi connectivity index (χ2n) is 9.68. The Morgan fingerprint density at radius 1 is 1.24 bits per heavy atom. The molecule has 1 unspecified atom stereocenters. The van der Waals surface area contributed by atoms with Gasteiger partial charge in [0.15, 0.2) is 5.25 Å². The minimum Gasteiger partial charge on any atom is -0.593 e. The van der Waals surface area contributed by atoms with Gasteiger partial charge in [-0.25, -0.2) is 9.78 Å². The molecule has 1 aliphatic heterocycles. The Morgan fingerprint density at radius 2 is 2.00 bits per heavy atom. The average molecular weight is 486 g/mol. The first-order valence-electron chi connectivity index (χ1n) is 11.5. The van der Waals surface area contributed by atoms with E-state index in [2.05, 4.69) is 15.8 Å². The molecule has 2 amide bonds. The van der Waals surface area contributed by atoms with Gasteiger partial charge in [-0.05, 0) is 73.9 Å². The fourth-order valence-corrected chi connectivity index (χ4v) is 5.44. The van der Waals surface area contributed by atoms with Crippen molar-refractivity contribution in [3.8, 4) is 17.0 Å². The standard InChI is InChI=1S/C25H31N3O5S/c1-25(2,3)33-24(30)28-14-18(15-28)34(31)27-22(29)13-21-19-7-5-6-16(19)8-9-20(21)17-10-11-26-23(12-17)32-4/h8-12,18H,5-7,13-15H2,1-4H3,(H,27,29). The summed E-state index contributed by atoms with van der Waals surface area (Å²) < 4.78 is 26.0. The quantitative estimate of drug-likeness (QED) is 0.631. The number of aromatic nitrogens is 1. The number of ether oxygens (including phenoxy) is 2. The van der Waals surface area contributed by atoms with Crippen molar-refractivity contribution in [2.75, 3.05) is 20.2 Å². The lowest BCUT2D eigenvalue weighted by atomic mass is 9.91. The topological polar surface area (TPSA) is 104 Å². The van der Waals surface area contributed by atoms with Crippen LogP contribution in [0.3, 0.4) is 0 Å². The van der Waals surface area contributed by atoms with Gasteiger partial charge < -0.3 is 14.0 Å². The summed E-state index contributed by atoms with van der Waals surface area (Å²) in [5, 5.41) is -0.304. The number of hydrogen-bond acceptors (Lipinski definition) is 6. The Balaban J connectivity index is 1.43. The number of pyridine rings is 1. The lowest BCUT2D eigenvalue weighted by Gasteiger charge is -2.38. The minimum atomic E-state index is -1.58. The van der Waals surface area contributed by atoms with E-state index >= 15 is 0 Å². The predicted molar refractivity (Wildman–Crippen MR) is 130 cm³/mol. The minimum absolute atomic E-state index is 0.136. The first-order chi connectivity index (χ1) is 16.1. The molecule has 8 nitrogen and oxygen atoms in total. The summed E-state index contributed by atoms with van der Waals surface area (Å²) in [5.41, 5.74) is 4.73. The van der Waals surface area contributed by atoms with Crippen LogP contribution in [-0.2, 0) is 40.2 Å². The van der Waals surface area contributed by atoms with Crippen molar-refractivity contribution < 1.29 is 23.6 Å². The van der Waals surface area contributed by atoms with Crippen LogP contribution in [0.5, 0.6) is 5.88 Å². The summed E-state index contributed by atoms with van der Waals surface area (Å²) in [6.07, 6.45) is 4.37. The maximum atomic E-state index is 12.9. The molecule has 4 rings (SSSR count). The second kappa shape index (κ2) is 9.84. The number of benzene rings is 1. The van der Waals surface area contributed by atoms with Gasteiger partial charge >= 0.3 is 6.09 Å². The molecule has 1 N–H and O–H groups in total. The number of nitrogens with one attached hydrogen (secondary N) is 1. The number of likely N-dealkylation sites (tertiary alicyclic amines) is 1. The Morgan fingerprint density at radius 3 is 2.71 bits per heavy atom. The van der Waals surface area contributed by atoms with Gasteiger partial charge in [0.05, 0.1) is 38.0 Å². The number of nitrogens with zero attached hydrogens (tertiary/aromatic N) is 2. The smallest absolute Gasteiger partial charge is 0.410 e. The van der Waals surface area contributed by atoms with Crippen molar-refractivity contribution >= 4 is 23.4 Å². The van der Waals surface area contributed by atoms with Gasteiger partial charge in [0.25, 0.3) is 5.91 Å². The monoisotopic (exact) mass is 485 g/mol. The van der Waals surface area contributed by atoms with E-state index < -0.39 is 23.1 Å². The molecule has 0 spiro atoms. The van der Waals surface area contributed by atoms with Crippen LogP contribution in [0.15, 0.2) is 30.5 Å². The molecule has 2 aliphatic rings. The molecule has 1 aromatic carbocycles. The van der Waals surface area contributed by atoms with Crippen molar-refractivity contribution in [2.45, 2.75) is 57.3 Å². The molecule has 9 heteroatoms. The molecule has 1 fully saturated rings. The van der Waals surface area contributed by atoms with E-state index in [4.69, 9.17) is 9.47 Å². The SMILES string of the molecule is COc1cc(-c2ccc3c(c2CC(=O)N[S+]([O-])C2CN(C(=O)OC(C)(C)C)C2)CCC3)ccn1.